The van der Waals surface area contributed by atoms with E-state index in [0.717, 1.165) is 31.3 Å². The van der Waals surface area contributed by atoms with Crippen molar-refractivity contribution in [1.82, 2.24) is 10.2 Å². The van der Waals surface area contributed by atoms with Gasteiger partial charge in [0.2, 0.25) is 0 Å². The lowest BCUT2D eigenvalue weighted by Gasteiger charge is -2.27. The molecule has 0 radical (unpaired) electrons. The van der Waals surface area contributed by atoms with Crippen LogP contribution in [0.5, 0.6) is 0 Å². The van der Waals surface area contributed by atoms with Crippen molar-refractivity contribution >= 4 is 6.03 Å². The number of urea groups is 1. The van der Waals surface area contributed by atoms with Crippen molar-refractivity contribution in [1.29, 1.82) is 0 Å². The molecule has 1 heterocycles. The van der Waals surface area contributed by atoms with Crippen molar-refractivity contribution in [2.45, 2.75) is 46.0 Å². The van der Waals surface area contributed by atoms with E-state index in [0.29, 0.717) is 12.5 Å². The molecule has 0 aromatic carbocycles. The van der Waals surface area contributed by atoms with Crippen LogP contribution in [0.15, 0.2) is 0 Å². The molecule has 0 spiro atoms. The van der Waals surface area contributed by atoms with Gasteiger partial charge in [0.1, 0.15) is 0 Å². The molecule has 1 saturated heterocycles. The summed E-state index contributed by atoms with van der Waals surface area (Å²) in [6.45, 7) is 6.90. The summed E-state index contributed by atoms with van der Waals surface area (Å²) in [6, 6.07) is 0.0525. The fraction of sp³-hybridized carbons (Fsp3) is 0.938. The Labute approximate surface area is 122 Å². The molecule has 2 fully saturated rings. The number of carbonyl (C=O) groups excluding carboxylic acids is 1. The monoisotopic (exact) mass is 282 g/mol. The molecule has 0 bridgehead atoms. The average molecular weight is 282 g/mol. The fourth-order valence-electron chi connectivity index (χ4n) is 3.75. The number of aliphatic hydroxyl groups is 1. The molecule has 4 atom stereocenters. The molecule has 1 aliphatic carbocycles. The van der Waals surface area contributed by atoms with Crippen LogP contribution in [-0.4, -0.2) is 42.3 Å². The van der Waals surface area contributed by atoms with E-state index in [4.69, 9.17) is 0 Å². The van der Waals surface area contributed by atoms with E-state index in [-0.39, 0.29) is 18.6 Å². The molecule has 1 saturated carbocycles. The second-order valence-corrected chi connectivity index (χ2v) is 6.98. The van der Waals surface area contributed by atoms with Gasteiger partial charge in [0, 0.05) is 32.2 Å². The first-order valence-corrected chi connectivity index (χ1v) is 8.23. The van der Waals surface area contributed by atoms with E-state index in [9.17, 15) is 9.90 Å². The third kappa shape index (κ3) is 4.11. The molecule has 4 heteroatoms. The number of likely N-dealkylation sites (tertiary alicyclic amines) is 1. The van der Waals surface area contributed by atoms with Gasteiger partial charge < -0.3 is 15.3 Å². The van der Waals surface area contributed by atoms with Crippen LogP contribution in [0.3, 0.4) is 0 Å². The SMILES string of the molecule is CC1CCCC(CCNC(=O)N2C[C@@H](CO)[C@H](C)C2)C1. The van der Waals surface area contributed by atoms with Gasteiger partial charge in [0.05, 0.1) is 0 Å². The molecule has 2 rings (SSSR count). The molecule has 2 N–H and O–H groups in total. The smallest absolute Gasteiger partial charge is 0.317 e. The minimum atomic E-state index is 0.0525. The lowest BCUT2D eigenvalue weighted by molar-refractivity contribution is 0.194. The minimum Gasteiger partial charge on any atom is -0.396 e. The molecule has 116 valence electrons. The third-order valence-corrected chi connectivity index (χ3v) is 5.16. The summed E-state index contributed by atoms with van der Waals surface area (Å²) in [5, 5.41) is 12.3. The van der Waals surface area contributed by atoms with Gasteiger partial charge in [-0.25, -0.2) is 4.79 Å². The van der Waals surface area contributed by atoms with Gasteiger partial charge in [-0.3, -0.25) is 0 Å². The molecule has 20 heavy (non-hydrogen) atoms. The van der Waals surface area contributed by atoms with Gasteiger partial charge in [0.15, 0.2) is 0 Å². The Balaban J connectivity index is 1.65. The van der Waals surface area contributed by atoms with Gasteiger partial charge in [-0.15, -0.1) is 0 Å². The predicted molar refractivity (Wildman–Crippen MR) is 80.5 cm³/mol. The number of hydrogen-bond acceptors (Lipinski definition) is 2. The van der Waals surface area contributed by atoms with E-state index in [1.165, 1.54) is 25.7 Å². The largest absolute Gasteiger partial charge is 0.396 e. The second kappa shape index (κ2) is 7.30. The Bertz CT molecular complexity index is 322. The predicted octanol–water partition coefficient (Wildman–Crippen LogP) is 2.47. The van der Waals surface area contributed by atoms with Crippen molar-refractivity contribution in [3.05, 3.63) is 0 Å². The third-order valence-electron chi connectivity index (χ3n) is 5.16. The Morgan fingerprint density at radius 2 is 2.10 bits per heavy atom. The van der Waals surface area contributed by atoms with Crippen LogP contribution >= 0.6 is 0 Å². The first-order valence-electron chi connectivity index (χ1n) is 8.23. The van der Waals surface area contributed by atoms with E-state index in [1.54, 1.807) is 0 Å². The van der Waals surface area contributed by atoms with Crippen molar-refractivity contribution in [2.75, 3.05) is 26.2 Å². The van der Waals surface area contributed by atoms with Crippen molar-refractivity contribution in [3.8, 4) is 0 Å². The summed E-state index contributed by atoms with van der Waals surface area (Å²) >= 11 is 0. The average Bonchev–Trinajstić information content (AvgIpc) is 2.80. The molecular formula is C16H30N2O2. The van der Waals surface area contributed by atoms with E-state index < -0.39 is 0 Å². The Morgan fingerprint density at radius 3 is 2.75 bits per heavy atom. The Hall–Kier alpha value is -0.770. The van der Waals surface area contributed by atoms with Crippen LogP contribution < -0.4 is 5.32 Å². The number of nitrogens with zero attached hydrogens (tertiary/aromatic N) is 1. The molecular weight excluding hydrogens is 252 g/mol. The Morgan fingerprint density at radius 1 is 1.30 bits per heavy atom. The first-order chi connectivity index (χ1) is 9.60. The maximum atomic E-state index is 12.1. The maximum absolute atomic E-state index is 12.1. The molecule has 0 aromatic heterocycles. The molecule has 4 nitrogen and oxygen atoms in total. The van der Waals surface area contributed by atoms with Crippen LogP contribution in [0.4, 0.5) is 4.79 Å². The fourth-order valence-corrected chi connectivity index (χ4v) is 3.75. The number of nitrogens with one attached hydrogen (secondary N) is 1. The maximum Gasteiger partial charge on any atom is 0.317 e. The number of carbonyl (C=O) groups is 1. The Kier molecular flexibility index (Phi) is 5.70. The van der Waals surface area contributed by atoms with Gasteiger partial charge in [-0.2, -0.15) is 0 Å². The molecule has 0 aromatic rings. The van der Waals surface area contributed by atoms with Gasteiger partial charge in [-0.1, -0.05) is 33.1 Å². The van der Waals surface area contributed by atoms with Crippen molar-refractivity contribution in [2.24, 2.45) is 23.7 Å². The zero-order chi connectivity index (χ0) is 14.5. The normalized spacial score (nSPS) is 34.2. The van der Waals surface area contributed by atoms with E-state index >= 15 is 0 Å². The summed E-state index contributed by atoms with van der Waals surface area (Å²) in [5.41, 5.74) is 0. The van der Waals surface area contributed by atoms with Crippen LogP contribution in [0.1, 0.15) is 46.0 Å². The molecule has 1 aliphatic heterocycles. The number of rotatable bonds is 4. The number of hydrogen-bond donors (Lipinski definition) is 2. The summed E-state index contributed by atoms with van der Waals surface area (Å²) in [5.74, 6) is 2.31. The van der Waals surface area contributed by atoms with Crippen LogP contribution in [0.2, 0.25) is 0 Å². The first kappa shape index (κ1) is 15.6. The van der Waals surface area contributed by atoms with Crippen LogP contribution in [0.25, 0.3) is 0 Å². The zero-order valence-electron chi connectivity index (χ0n) is 13.0. The van der Waals surface area contributed by atoms with Crippen LogP contribution in [0, 0.1) is 23.7 Å². The van der Waals surface area contributed by atoms with E-state index in [1.807, 2.05) is 4.90 Å². The van der Waals surface area contributed by atoms with Crippen molar-refractivity contribution in [3.63, 3.8) is 0 Å². The standard InChI is InChI=1S/C16H30N2O2/c1-12-4-3-5-14(8-12)6-7-17-16(20)18-9-13(2)15(10-18)11-19/h12-15,19H,3-11H2,1-2H3,(H,17,20)/t12?,13-,14?,15+/m1/s1. The summed E-state index contributed by atoms with van der Waals surface area (Å²) in [6.07, 6.45) is 6.48. The molecule has 2 amide bonds. The topological polar surface area (TPSA) is 52.6 Å². The summed E-state index contributed by atoms with van der Waals surface area (Å²) in [7, 11) is 0. The van der Waals surface area contributed by atoms with Gasteiger partial charge in [-0.05, 0) is 30.6 Å². The zero-order valence-corrected chi connectivity index (χ0v) is 13.0. The highest BCUT2D eigenvalue weighted by Gasteiger charge is 2.31. The van der Waals surface area contributed by atoms with Crippen LogP contribution in [-0.2, 0) is 0 Å². The van der Waals surface area contributed by atoms with Crippen molar-refractivity contribution < 1.29 is 9.90 Å². The number of aliphatic hydroxyl groups excluding tert-OH is 1. The summed E-state index contributed by atoms with van der Waals surface area (Å²) in [4.78, 5) is 13.9. The molecule has 2 unspecified atom stereocenters. The van der Waals surface area contributed by atoms with Gasteiger partial charge in [0.25, 0.3) is 0 Å². The lowest BCUT2D eigenvalue weighted by atomic mass is 9.81. The lowest BCUT2D eigenvalue weighted by Crippen LogP contribution is -2.39. The highest BCUT2D eigenvalue weighted by molar-refractivity contribution is 5.74. The number of amides is 2. The summed E-state index contributed by atoms with van der Waals surface area (Å²) < 4.78 is 0. The highest BCUT2D eigenvalue weighted by Crippen LogP contribution is 2.30. The second-order valence-electron chi connectivity index (χ2n) is 6.98. The van der Waals surface area contributed by atoms with Gasteiger partial charge >= 0.3 is 6.03 Å². The highest BCUT2D eigenvalue weighted by atomic mass is 16.3. The van der Waals surface area contributed by atoms with E-state index in [2.05, 4.69) is 19.2 Å². The quantitative estimate of drug-likeness (QED) is 0.832. The minimum absolute atomic E-state index is 0.0525. The molecule has 2 aliphatic rings.